The Morgan fingerprint density at radius 2 is 1.92 bits per heavy atom. The van der Waals surface area contributed by atoms with Crippen LogP contribution >= 0.6 is 0 Å². The summed E-state index contributed by atoms with van der Waals surface area (Å²) in [6.45, 7) is 5.25. The lowest BCUT2D eigenvalue weighted by atomic mass is 9.42. The van der Waals surface area contributed by atoms with E-state index in [1.165, 1.54) is 25.3 Å². The zero-order valence-corrected chi connectivity index (χ0v) is 29.8. The summed E-state index contributed by atoms with van der Waals surface area (Å²) in [7, 11) is 4.45. The SMILES string of the molecule is C#Cc1c(F)ccc2cc(O)cc(-c3ncc4c(N5CC6CCC(C5)N6)nc(OCCCCN(C)C5CC6CC7CC(C5NC)C76)nc4c3C)c12. The molecule has 9 nitrogen and oxygen atoms in total. The van der Waals surface area contributed by atoms with E-state index < -0.39 is 5.82 Å². The van der Waals surface area contributed by atoms with Gasteiger partial charge in [0, 0.05) is 60.0 Å². The van der Waals surface area contributed by atoms with Gasteiger partial charge < -0.3 is 30.3 Å². The Morgan fingerprint density at radius 1 is 1.12 bits per heavy atom. The number of pyridine rings is 1. The van der Waals surface area contributed by atoms with Crippen molar-refractivity contribution in [1.29, 1.82) is 0 Å². The molecule has 3 saturated carbocycles. The summed E-state index contributed by atoms with van der Waals surface area (Å²) in [6.07, 6.45) is 16.1. The van der Waals surface area contributed by atoms with Crippen molar-refractivity contribution >= 4 is 27.5 Å². The van der Waals surface area contributed by atoms with Gasteiger partial charge in [-0.1, -0.05) is 12.0 Å². The van der Waals surface area contributed by atoms with Gasteiger partial charge in [-0.2, -0.15) is 9.97 Å². The number of phenolic OH excluding ortho intramolecular Hbond substituents is 1. The Bertz CT molecular complexity index is 2040. The van der Waals surface area contributed by atoms with E-state index in [0.717, 1.165) is 91.3 Å². The van der Waals surface area contributed by atoms with Gasteiger partial charge in [0.05, 0.1) is 28.8 Å². The number of unbranched alkanes of at least 4 members (excludes halogenated alkanes) is 1. The van der Waals surface area contributed by atoms with E-state index in [4.69, 9.17) is 26.1 Å². The van der Waals surface area contributed by atoms with Crippen LogP contribution in [0.15, 0.2) is 30.5 Å². The number of benzene rings is 2. The minimum atomic E-state index is -0.487. The predicted molar refractivity (Wildman–Crippen MR) is 199 cm³/mol. The van der Waals surface area contributed by atoms with Crippen molar-refractivity contribution < 1.29 is 14.2 Å². The number of ether oxygens (including phenoxy) is 1. The van der Waals surface area contributed by atoms with Crippen molar-refractivity contribution in [3.05, 3.63) is 47.4 Å². The molecule has 9 rings (SSSR count). The molecule has 51 heavy (non-hydrogen) atoms. The summed E-state index contributed by atoms with van der Waals surface area (Å²) >= 11 is 0. The van der Waals surface area contributed by atoms with Crippen molar-refractivity contribution in [2.75, 3.05) is 45.2 Å². The quantitative estimate of drug-likeness (QED) is 0.144. The van der Waals surface area contributed by atoms with E-state index in [-0.39, 0.29) is 11.3 Å². The predicted octanol–water partition coefficient (Wildman–Crippen LogP) is 5.64. The molecule has 5 fully saturated rings. The second-order valence-corrected chi connectivity index (χ2v) is 15.9. The van der Waals surface area contributed by atoms with Gasteiger partial charge in [0.1, 0.15) is 17.4 Å². The molecule has 0 spiro atoms. The third-order valence-corrected chi connectivity index (χ3v) is 13.1. The number of hydrogen-bond acceptors (Lipinski definition) is 9. The second-order valence-electron chi connectivity index (χ2n) is 15.9. The minimum absolute atomic E-state index is 0.0524. The summed E-state index contributed by atoms with van der Waals surface area (Å²) in [5.74, 6) is 6.72. The molecule has 0 amide bonds. The van der Waals surface area contributed by atoms with Crippen LogP contribution in [0, 0.1) is 48.8 Å². The van der Waals surface area contributed by atoms with Crippen molar-refractivity contribution in [3.8, 4) is 35.4 Å². The molecule has 2 aromatic heterocycles. The summed E-state index contributed by atoms with van der Waals surface area (Å²) in [6, 6.07) is 8.58. The first-order chi connectivity index (χ1) is 24.8. The van der Waals surface area contributed by atoms with Crippen LogP contribution in [0.2, 0.25) is 0 Å². The highest BCUT2D eigenvalue weighted by atomic mass is 19.1. The molecule has 2 saturated heterocycles. The van der Waals surface area contributed by atoms with Gasteiger partial charge >= 0.3 is 6.01 Å². The van der Waals surface area contributed by atoms with E-state index in [1.807, 2.05) is 6.92 Å². The molecule has 10 heteroatoms. The Labute approximate surface area is 299 Å². The molecule has 4 aromatic rings. The molecule has 266 valence electrons. The fourth-order valence-electron chi connectivity index (χ4n) is 10.7. The smallest absolute Gasteiger partial charge is 0.318 e. The van der Waals surface area contributed by atoms with Crippen LogP contribution in [0.5, 0.6) is 11.8 Å². The highest BCUT2D eigenvalue weighted by Gasteiger charge is 2.60. The number of rotatable bonds is 10. The number of aromatic nitrogens is 3. The molecule has 8 atom stereocenters. The van der Waals surface area contributed by atoms with Gasteiger partial charge in [0.2, 0.25) is 0 Å². The Hall–Kier alpha value is -4.04. The van der Waals surface area contributed by atoms with Crippen LogP contribution in [0.1, 0.15) is 56.1 Å². The summed E-state index contributed by atoms with van der Waals surface area (Å²) in [5, 5.41) is 20.1. The number of anilines is 1. The average Bonchev–Trinajstić information content (AvgIpc) is 3.45. The number of nitrogens with zero attached hydrogens (tertiary/aromatic N) is 5. The standard InChI is InChI=1S/C41H48FN7O2/c1-5-29-33(42)11-8-23-15-28(50)18-31(36(23)29)37-22(2)38-32(19-44-37)40(49-20-26-9-10-27(21-49)45-26)47-41(46-38)51-13-7-6-12-48(4)34-17-25-14-24-16-30(35(24)25)39(34)43-3/h1,8,11,15,18-19,24-27,30,34-35,39,43,45,50H,6-7,9-10,12-14,16-17,20-21H2,2-4H3. The van der Waals surface area contributed by atoms with E-state index in [1.54, 1.807) is 24.4 Å². The number of aromatic hydroxyl groups is 1. The van der Waals surface area contributed by atoms with E-state index in [0.29, 0.717) is 58.8 Å². The first-order valence-electron chi connectivity index (χ1n) is 18.9. The van der Waals surface area contributed by atoms with Crippen molar-refractivity contribution in [3.63, 3.8) is 0 Å². The zero-order chi connectivity index (χ0) is 35.0. The topological polar surface area (TPSA) is 98.7 Å². The lowest BCUT2D eigenvalue weighted by molar-refractivity contribution is -0.156. The fourth-order valence-corrected chi connectivity index (χ4v) is 10.7. The molecule has 2 bridgehead atoms. The lowest BCUT2D eigenvalue weighted by Crippen LogP contribution is -2.68. The maximum absolute atomic E-state index is 15.0. The highest BCUT2D eigenvalue weighted by molar-refractivity contribution is 6.04. The van der Waals surface area contributed by atoms with E-state index >= 15 is 0 Å². The minimum Gasteiger partial charge on any atom is -0.508 e. The highest BCUT2D eigenvalue weighted by Crippen LogP contribution is 2.63. The third-order valence-electron chi connectivity index (χ3n) is 13.1. The number of aryl methyl sites for hydroxylation is 1. The molecule has 4 heterocycles. The van der Waals surface area contributed by atoms with Crippen LogP contribution in [-0.2, 0) is 0 Å². The number of piperazine rings is 1. The largest absolute Gasteiger partial charge is 0.508 e. The van der Waals surface area contributed by atoms with Crippen LogP contribution in [0.25, 0.3) is 32.9 Å². The van der Waals surface area contributed by atoms with Crippen molar-refractivity contribution in [1.82, 2.24) is 30.5 Å². The second kappa shape index (κ2) is 12.9. The summed E-state index contributed by atoms with van der Waals surface area (Å²) in [4.78, 5) is 19.9. The van der Waals surface area contributed by atoms with Crippen molar-refractivity contribution in [2.24, 2.45) is 23.7 Å². The molecule has 0 radical (unpaired) electrons. The number of fused-ring (bicyclic) bond motifs is 4. The molecule has 5 aliphatic rings. The molecule has 3 aliphatic carbocycles. The number of halogens is 1. The molecular formula is C41H48FN7O2. The van der Waals surface area contributed by atoms with Crippen molar-refractivity contribution in [2.45, 2.75) is 76.0 Å². The van der Waals surface area contributed by atoms with Gasteiger partial charge in [0.25, 0.3) is 0 Å². The van der Waals surface area contributed by atoms with Gasteiger partial charge in [-0.3, -0.25) is 4.98 Å². The number of terminal acetylenes is 1. The van der Waals surface area contributed by atoms with Crippen LogP contribution in [0.3, 0.4) is 0 Å². The Kier molecular flexibility index (Phi) is 8.29. The van der Waals surface area contributed by atoms with E-state index in [2.05, 4.69) is 40.4 Å². The first kappa shape index (κ1) is 32.8. The molecular weight excluding hydrogens is 641 g/mol. The van der Waals surface area contributed by atoms with Gasteiger partial charge in [0.15, 0.2) is 0 Å². The molecule has 2 aromatic carbocycles. The Balaban J connectivity index is 0.988. The number of likely N-dealkylation sites (N-methyl/N-ethyl adjacent to an activating group) is 2. The normalized spacial score (nSPS) is 29.1. The number of phenols is 1. The zero-order valence-electron chi connectivity index (χ0n) is 29.8. The van der Waals surface area contributed by atoms with E-state index in [9.17, 15) is 9.50 Å². The Morgan fingerprint density at radius 3 is 2.69 bits per heavy atom. The van der Waals surface area contributed by atoms with Gasteiger partial charge in [-0.25, -0.2) is 4.39 Å². The van der Waals surface area contributed by atoms with Crippen LogP contribution in [0.4, 0.5) is 10.2 Å². The lowest BCUT2D eigenvalue weighted by Gasteiger charge is -2.66. The van der Waals surface area contributed by atoms with Gasteiger partial charge in [-0.05, 0) is 120 Å². The number of hydrogen-bond donors (Lipinski definition) is 3. The van der Waals surface area contributed by atoms with Crippen LogP contribution in [-0.4, -0.2) is 89.5 Å². The first-order valence-corrected chi connectivity index (χ1v) is 18.9. The van der Waals surface area contributed by atoms with Gasteiger partial charge in [-0.15, -0.1) is 6.42 Å². The fraction of sp³-hybridized carbons (Fsp3) is 0.537. The molecule has 8 unspecified atom stereocenters. The maximum atomic E-state index is 15.0. The third kappa shape index (κ3) is 5.51. The molecule has 2 aliphatic heterocycles. The molecule has 3 N–H and O–H groups in total. The summed E-state index contributed by atoms with van der Waals surface area (Å²) < 4.78 is 21.3. The average molecular weight is 690 g/mol. The number of nitrogens with one attached hydrogen (secondary N) is 2. The monoisotopic (exact) mass is 689 g/mol. The maximum Gasteiger partial charge on any atom is 0.318 e. The van der Waals surface area contributed by atoms with Crippen LogP contribution < -0.4 is 20.3 Å². The summed E-state index contributed by atoms with van der Waals surface area (Å²) in [5.41, 5.74) is 2.80.